The minimum Gasteiger partial charge on any atom is -0.315 e. The highest BCUT2D eigenvalue weighted by Crippen LogP contribution is 2.11. The molecular formula is C6H14O4SSi. The largest absolute Gasteiger partial charge is 0.315 e. The van der Waals surface area contributed by atoms with Crippen LogP contribution < -0.4 is 0 Å². The first kappa shape index (κ1) is 11.8. The molecule has 0 spiro atoms. The van der Waals surface area contributed by atoms with Gasteiger partial charge in [-0.3, -0.25) is 0 Å². The van der Waals surface area contributed by atoms with Crippen molar-refractivity contribution < 1.29 is 17.1 Å². The zero-order chi connectivity index (χ0) is 9.99. The van der Waals surface area contributed by atoms with Crippen LogP contribution in [0.1, 0.15) is 6.92 Å². The van der Waals surface area contributed by atoms with Gasteiger partial charge in [-0.2, -0.15) is 8.42 Å². The Bertz CT molecular complexity index is 251. The normalized spacial score (nSPS) is 15.7. The van der Waals surface area contributed by atoms with Gasteiger partial charge in [0, 0.05) is 0 Å². The summed E-state index contributed by atoms with van der Waals surface area (Å²) in [5.74, 6) is 0. The second-order valence-electron chi connectivity index (χ2n) is 3.53. The topological polar surface area (TPSA) is 60.4 Å². The molecule has 0 amide bonds. The number of hydrogen-bond acceptors (Lipinski definition) is 4. The Morgan fingerprint density at radius 2 is 1.75 bits per heavy atom. The van der Waals surface area contributed by atoms with Crippen molar-refractivity contribution in [2.45, 2.75) is 31.8 Å². The second kappa shape index (κ2) is 3.67. The minimum atomic E-state index is -3.67. The molecule has 0 aromatic rings. The van der Waals surface area contributed by atoms with E-state index in [2.05, 4.69) is 0 Å². The van der Waals surface area contributed by atoms with Gasteiger partial charge in [0.25, 0.3) is 10.1 Å². The summed E-state index contributed by atoms with van der Waals surface area (Å²) in [7, 11) is -5.79. The number of carbonyl (C=O) groups is 1. The monoisotopic (exact) mass is 210 g/mol. The third-order valence-electron chi connectivity index (χ3n) is 1.01. The van der Waals surface area contributed by atoms with Gasteiger partial charge in [-0.15, -0.1) is 0 Å². The fraction of sp³-hybridized carbons (Fsp3) is 0.833. The van der Waals surface area contributed by atoms with E-state index in [1.165, 1.54) is 6.92 Å². The summed E-state index contributed by atoms with van der Waals surface area (Å²) in [4.78, 5) is 10.2. The quantitative estimate of drug-likeness (QED) is 0.507. The van der Waals surface area contributed by atoms with E-state index in [1.807, 2.05) is 0 Å². The van der Waals surface area contributed by atoms with Crippen molar-refractivity contribution in [2.75, 3.05) is 0 Å². The van der Waals surface area contributed by atoms with Crippen molar-refractivity contribution in [3.05, 3.63) is 0 Å². The van der Waals surface area contributed by atoms with E-state index in [4.69, 9.17) is 3.87 Å². The zero-order valence-electron chi connectivity index (χ0n) is 7.70. The van der Waals surface area contributed by atoms with Crippen LogP contribution in [0.3, 0.4) is 0 Å². The van der Waals surface area contributed by atoms with E-state index >= 15 is 0 Å². The van der Waals surface area contributed by atoms with Crippen molar-refractivity contribution >= 4 is 24.7 Å². The van der Waals surface area contributed by atoms with Crippen LogP contribution in [0.2, 0.25) is 19.6 Å². The third-order valence-corrected chi connectivity index (χ3v) is 4.96. The van der Waals surface area contributed by atoms with E-state index < -0.39 is 23.7 Å². The van der Waals surface area contributed by atoms with Gasteiger partial charge in [-0.1, -0.05) is 0 Å². The van der Waals surface area contributed by atoms with Gasteiger partial charge in [0.15, 0.2) is 0 Å². The number of hydrogen-bond donors (Lipinski definition) is 0. The molecule has 12 heavy (non-hydrogen) atoms. The van der Waals surface area contributed by atoms with Gasteiger partial charge in [0.05, 0.1) is 0 Å². The second-order valence-corrected chi connectivity index (χ2v) is 10.2. The lowest BCUT2D eigenvalue weighted by Crippen LogP contribution is -2.34. The molecule has 0 bridgehead atoms. The van der Waals surface area contributed by atoms with Crippen molar-refractivity contribution in [3.8, 4) is 0 Å². The number of aldehydes is 1. The maximum atomic E-state index is 11.2. The Balaban J connectivity index is 4.56. The predicted molar refractivity (Wildman–Crippen MR) is 48.9 cm³/mol. The summed E-state index contributed by atoms with van der Waals surface area (Å²) >= 11 is 0. The average molecular weight is 210 g/mol. The highest BCUT2D eigenvalue weighted by molar-refractivity contribution is 7.89. The van der Waals surface area contributed by atoms with E-state index in [1.54, 1.807) is 19.6 Å². The van der Waals surface area contributed by atoms with Gasteiger partial charge in [-0.25, -0.2) is 0 Å². The molecular weight excluding hydrogens is 196 g/mol. The van der Waals surface area contributed by atoms with E-state index in [0.29, 0.717) is 6.29 Å². The molecule has 0 aliphatic rings. The fourth-order valence-electron chi connectivity index (χ4n) is 0.492. The lowest BCUT2D eigenvalue weighted by molar-refractivity contribution is -0.107. The van der Waals surface area contributed by atoms with Crippen LogP contribution in [0, 0.1) is 0 Å². The van der Waals surface area contributed by atoms with Crippen molar-refractivity contribution in [3.63, 3.8) is 0 Å². The summed E-state index contributed by atoms with van der Waals surface area (Å²) in [5, 5.41) is -1.07. The Morgan fingerprint density at radius 1 is 1.33 bits per heavy atom. The summed E-state index contributed by atoms with van der Waals surface area (Å²) in [6.07, 6.45) is 0.371. The summed E-state index contributed by atoms with van der Waals surface area (Å²) < 4.78 is 27.2. The van der Waals surface area contributed by atoms with Crippen LogP contribution >= 0.6 is 0 Å². The van der Waals surface area contributed by atoms with Crippen LogP contribution in [0.4, 0.5) is 0 Å². The SMILES string of the molecule is CC(C=O)S(=O)(=O)O[Si](C)(C)C. The van der Waals surface area contributed by atoms with Crippen LogP contribution in [-0.4, -0.2) is 28.3 Å². The highest BCUT2D eigenvalue weighted by atomic mass is 32.2. The molecule has 1 atom stereocenters. The van der Waals surface area contributed by atoms with Crippen molar-refractivity contribution in [1.82, 2.24) is 0 Å². The molecule has 0 radical (unpaired) electrons. The van der Waals surface area contributed by atoms with Crippen molar-refractivity contribution in [2.24, 2.45) is 0 Å². The maximum absolute atomic E-state index is 11.2. The summed E-state index contributed by atoms with van der Waals surface area (Å²) in [6.45, 7) is 6.56. The highest BCUT2D eigenvalue weighted by Gasteiger charge is 2.28. The summed E-state index contributed by atoms with van der Waals surface area (Å²) in [6, 6.07) is 0. The van der Waals surface area contributed by atoms with Gasteiger partial charge in [0.1, 0.15) is 11.5 Å². The average Bonchev–Trinajstić information content (AvgIpc) is 1.80. The van der Waals surface area contributed by atoms with Gasteiger partial charge in [0.2, 0.25) is 8.32 Å². The first-order valence-corrected chi connectivity index (χ1v) is 8.47. The first-order valence-electron chi connectivity index (χ1n) is 3.59. The molecule has 0 rings (SSSR count). The third kappa shape index (κ3) is 3.98. The first-order chi connectivity index (χ1) is 5.19. The van der Waals surface area contributed by atoms with Gasteiger partial charge >= 0.3 is 0 Å². The lowest BCUT2D eigenvalue weighted by Gasteiger charge is -2.17. The molecule has 0 aromatic carbocycles. The minimum absolute atomic E-state index is 0.371. The van der Waals surface area contributed by atoms with E-state index in [9.17, 15) is 13.2 Å². The molecule has 0 aliphatic carbocycles. The molecule has 0 N–H and O–H groups in total. The molecule has 1 unspecified atom stereocenters. The molecule has 0 saturated heterocycles. The van der Waals surface area contributed by atoms with Crippen LogP contribution in [0.5, 0.6) is 0 Å². The van der Waals surface area contributed by atoms with Gasteiger partial charge < -0.3 is 8.67 Å². The van der Waals surface area contributed by atoms with E-state index in [0.717, 1.165) is 0 Å². The van der Waals surface area contributed by atoms with Gasteiger partial charge in [-0.05, 0) is 26.6 Å². The Morgan fingerprint density at radius 3 is 2.00 bits per heavy atom. The molecule has 72 valence electrons. The number of carbonyl (C=O) groups excluding carboxylic acids is 1. The molecule has 6 heteroatoms. The zero-order valence-corrected chi connectivity index (χ0v) is 9.51. The molecule has 0 aliphatic heterocycles. The van der Waals surface area contributed by atoms with Crippen LogP contribution in [0.25, 0.3) is 0 Å². The van der Waals surface area contributed by atoms with Crippen LogP contribution in [0.15, 0.2) is 0 Å². The molecule has 0 fully saturated rings. The lowest BCUT2D eigenvalue weighted by atomic mass is 10.6. The Labute approximate surface area is 74.2 Å². The van der Waals surface area contributed by atoms with E-state index in [-0.39, 0.29) is 0 Å². The maximum Gasteiger partial charge on any atom is 0.267 e. The Kier molecular flexibility index (Phi) is 3.61. The Hall–Kier alpha value is -0.203. The summed E-state index contributed by atoms with van der Waals surface area (Å²) in [5.41, 5.74) is 0. The molecule has 0 aromatic heterocycles. The number of rotatable bonds is 4. The standard InChI is InChI=1S/C6H14O4SSi/c1-6(5-7)11(8,9)10-12(2,3)4/h5-6H,1-4H3. The fourth-order valence-corrected chi connectivity index (χ4v) is 4.02. The predicted octanol–water partition coefficient (Wildman–Crippen LogP) is 0.755. The molecule has 0 saturated carbocycles. The molecule has 0 heterocycles. The molecule has 4 nitrogen and oxygen atoms in total. The van der Waals surface area contributed by atoms with Crippen LogP contribution in [-0.2, 0) is 18.8 Å². The smallest absolute Gasteiger partial charge is 0.267 e. The van der Waals surface area contributed by atoms with Crippen molar-refractivity contribution in [1.29, 1.82) is 0 Å².